The molecular formula is C12H15N9O3S. The van der Waals surface area contributed by atoms with Gasteiger partial charge in [0.1, 0.15) is 18.8 Å². The summed E-state index contributed by atoms with van der Waals surface area (Å²) in [6.07, 6.45) is 0.589. The second kappa shape index (κ2) is 6.80. The number of tetrazole rings is 1. The minimum Gasteiger partial charge on any atom is -0.398 e. The molecule has 2 aromatic rings. The summed E-state index contributed by atoms with van der Waals surface area (Å²) in [5.41, 5.74) is 5.80. The highest BCUT2D eigenvalue weighted by Crippen LogP contribution is 2.26. The van der Waals surface area contributed by atoms with Crippen LogP contribution >= 0.6 is 11.3 Å². The SMILES string of the molecule is CCC1C(NC(=O)C(=NOC)c2csc(N)n2)C(=O)N1c1nn[nH]n1. The smallest absolute Gasteiger partial charge is 0.276 e. The molecule has 1 saturated heterocycles. The Kier molecular flexibility index (Phi) is 4.56. The van der Waals surface area contributed by atoms with Crippen LogP contribution in [0.1, 0.15) is 19.0 Å². The zero-order chi connectivity index (χ0) is 18.0. The molecule has 1 fully saturated rings. The average molecular weight is 365 g/mol. The molecule has 1 aliphatic rings. The van der Waals surface area contributed by atoms with Crippen molar-refractivity contribution in [3.63, 3.8) is 0 Å². The minimum absolute atomic E-state index is 0.0592. The monoisotopic (exact) mass is 365 g/mol. The number of β-lactam (4-membered cyclic amide) rings is 1. The second-order valence-corrected chi connectivity index (χ2v) is 5.93. The standard InChI is InChI=1S/C12H15N9O3S/c1-3-6-8(10(23)21(6)12-16-19-20-17-12)15-9(22)7(18-24-2)5-4-25-11(13)14-5/h4,6,8H,3H2,1-2H3,(H2,13,14)(H,15,22)(H,16,17,19,20). The first-order valence-electron chi connectivity index (χ1n) is 7.26. The molecule has 1 aliphatic heterocycles. The van der Waals surface area contributed by atoms with E-state index in [0.29, 0.717) is 11.6 Å². The normalized spacial score (nSPS) is 20.3. The molecule has 2 amide bonds. The number of nitrogens with zero attached hydrogens (tertiary/aromatic N) is 6. The molecule has 4 N–H and O–H groups in total. The number of aromatic nitrogens is 5. The Hall–Kier alpha value is -3.09. The number of carbonyl (C=O) groups excluding carboxylic acids is 2. The number of hydrogen-bond donors (Lipinski definition) is 3. The molecule has 12 nitrogen and oxygen atoms in total. The average Bonchev–Trinajstić information content (AvgIpc) is 3.26. The van der Waals surface area contributed by atoms with Gasteiger partial charge >= 0.3 is 0 Å². The number of aromatic amines is 1. The summed E-state index contributed by atoms with van der Waals surface area (Å²) in [5, 5.41) is 21.5. The number of anilines is 2. The third-order valence-electron chi connectivity index (χ3n) is 3.64. The van der Waals surface area contributed by atoms with E-state index in [-0.39, 0.29) is 29.3 Å². The Morgan fingerprint density at radius 1 is 1.60 bits per heavy atom. The lowest BCUT2D eigenvalue weighted by Gasteiger charge is -2.44. The molecular weight excluding hydrogens is 350 g/mol. The second-order valence-electron chi connectivity index (χ2n) is 5.04. The summed E-state index contributed by atoms with van der Waals surface area (Å²) in [7, 11) is 1.31. The number of rotatable bonds is 6. The molecule has 0 aliphatic carbocycles. The summed E-state index contributed by atoms with van der Waals surface area (Å²) in [6.45, 7) is 1.88. The lowest BCUT2D eigenvalue weighted by Crippen LogP contribution is -2.71. The number of oxime groups is 1. The summed E-state index contributed by atoms with van der Waals surface area (Å²) in [5.74, 6) is -0.756. The minimum atomic E-state index is -0.728. The van der Waals surface area contributed by atoms with Gasteiger partial charge in [-0.1, -0.05) is 17.2 Å². The van der Waals surface area contributed by atoms with Gasteiger partial charge in [0.15, 0.2) is 10.8 Å². The maximum Gasteiger partial charge on any atom is 0.276 e. The Balaban J connectivity index is 1.76. The van der Waals surface area contributed by atoms with Gasteiger partial charge in [0.05, 0.1) is 6.04 Å². The molecule has 13 heteroatoms. The molecule has 0 bridgehead atoms. The van der Waals surface area contributed by atoms with E-state index in [4.69, 9.17) is 10.6 Å². The van der Waals surface area contributed by atoms with Gasteiger partial charge < -0.3 is 15.9 Å². The molecule has 3 rings (SSSR count). The summed E-state index contributed by atoms with van der Waals surface area (Å²) in [4.78, 5) is 35.0. The lowest BCUT2D eigenvalue weighted by molar-refractivity contribution is -0.131. The molecule has 3 heterocycles. The number of carbonyl (C=O) groups is 2. The van der Waals surface area contributed by atoms with Gasteiger partial charge in [0.25, 0.3) is 17.8 Å². The number of H-pyrrole nitrogens is 1. The number of hydrogen-bond acceptors (Lipinski definition) is 10. The van der Waals surface area contributed by atoms with Crippen LogP contribution in [0.4, 0.5) is 11.1 Å². The number of nitrogen functional groups attached to an aromatic ring is 1. The van der Waals surface area contributed by atoms with Crippen molar-refractivity contribution < 1.29 is 14.4 Å². The van der Waals surface area contributed by atoms with Crippen LogP contribution in [-0.2, 0) is 14.4 Å². The van der Waals surface area contributed by atoms with Crippen LogP contribution in [0, 0.1) is 0 Å². The van der Waals surface area contributed by atoms with E-state index in [9.17, 15) is 9.59 Å². The molecule has 2 atom stereocenters. The van der Waals surface area contributed by atoms with Crippen LogP contribution in [0.3, 0.4) is 0 Å². The number of thiazole rings is 1. The molecule has 132 valence electrons. The maximum atomic E-state index is 12.5. The van der Waals surface area contributed by atoms with E-state index in [2.05, 4.69) is 36.1 Å². The maximum absolute atomic E-state index is 12.5. The Bertz CT molecular complexity index is 803. The van der Waals surface area contributed by atoms with Crippen molar-refractivity contribution in [1.29, 1.82) is 0 Å². The molecule has 0 spiro atoms. The number of nitrogens with two attached hydrogens (primary N) is 1. The zero-order valence-corrected chi connectivity index (χ0v) is 14.1. The van der Waals surface area contributed by atoms with Crippen molar-refractivity contribution in [2.45, 2.75) is 25.4 Å². The fourth-order valence-electron chi connectivity index (χ4n) is 2.53. The van der Waals surface area contributed by atoms with Gasteiger partial charge in [-0.15, -0.1) is 16.4 Å². The van der Waals surface area contributed by atoms with Gasteiger partial charge in [-0.05, 0) is 11.6 Å². The van der Waals surface area contributed by atoms with Crippen LogP contribution in [-0.4, -0.2) is 62.3 Å². The van der Waals surface area contributed by atoms with E-state index in [1.165, 1.54) is 23.3 Å². The molecule has 2 aromatic heterocycles. The summed E-state index contributed by atoms with van der Waals surface area (Å²) in [6, 6.07) is -1.02. The quantitative estimate of drug-likeness (QED) is 0.330. The predicted molar refractivity (Wildman–Crippen MR) is 87.7 cm³/mol. The Morgan fingerprint density at radius 2 is 2.40 bits per heavy atom. The first-order chi connectivity index (χ1) is 12.1. The molecule has 0 saturated carbocycles. The highest BCUT2D eigenvalue weighted by Gasteiger charge is 2.50. The molecule has 0 aromatic carbocycles. The number of amides is 2. The van der Waals surface area contributed by atoms with Crippen molar-refractivity contribution in [3.8, 4) is 0 Å². The summed E-state index contributed by atoms with van der Waals surface area (Å²) >= 11 is 1.17. The van der Waals surface area contributed by atoms with Crippen molar-refractivity contribution in [2.75, 3.05) is 17.7 Å². The van der Waals surface area contributed by atoms with E-state index in [1.54, 1.807) is 5.38 Å². The largest absolute Gasteiger partial charge is 0.398 e. The van der Waals surface area contributed by atoms with Gasteiger partial charge in [0, 0.05) is 5.38 Å². The topological polar surface area (TPSA) is 164 Å². The Labute approximate surface area is 145 Å². The molecule has 25 heavy (non-hydrogen) atoms. The van der Waals surface area contributed by atoms with Crippen LogP contribution in [0.15, 0.2) is 10.5 Å². The lowest BCUT2D eigenvalue weighted by atomic mass is 9.93. The zero-order valence-electron chi connectivity index (χ0n) is 13.3. The fourth-order valence-corrected chi connectivity index (χ4v) is 3.08. The highest BCUT2D eigenvalue weighted by molar-refractivity contribution is 7.13. The fraction of sp³-hybridized carbons (Fsp3) is 0.417. The van der Waals surface area contributed by atoms with Gasteiger partial charge in [-0.2, -0.15) is 5.21 Å². The van der Waals surface area contributed by atoms with E-state index < -0.39 is 11.9 Å². The molecule has 0 radical (unpaired) electrons. The number of nitrogens with one attached hydrogen (secondary N) is 2. The van der Waals surface area contributed by atoms with E-state index in [1.807, 2.05) is 6.92 Å². The van der Waals surface area contributed by atoms with Crippen molar-refractivity contribution >= 4 is 39.9 Å². The van der Waals surface area contributed by atoms with E-state index >= 15 is 0 Å². The van der Waals surface area contributed by atoms with E-state index in [0.717, 1.165) is 0 Å². The van der Waals surface area contributed by atoms with Gasteiger partial charge in [-0.3, -0.25) is 14.5 Å². The van der Waals surface area contributed by atoms with Crippen molar-refractivity contribution in [1.82, 2.24) is 30.9 Å². The van der Waals surface area contributed by atoms with Gasteiger partial charge in [-0.25, -0.2) is 4.98 Å². The highest BCUT2D eigenvalue weighted by atomic mass is 32.1. The Morgan fingerprint density at radius 3 is 2.96 bits per heavy atom. The van der Waals surface area contributed by atoms with Crippen molar-refractivity contribution in [3.05, 3.63) is 11.1 Å². The summed E-state index contributed by atoms with van der Waals surface area (Å²) < 4.78 is 0. The van der Waals surface area contributed by atoms with Crippen LogP contribution < -0.4 is 16.0 Å². The third kappa shape index (κ3) is 3.00. The third-order valence-corrected chi connectivity index (χ3v) is 4.31. The predicted octanol–water partition coefficient (Wildman–Crippen LogP) is -1.10. The first-order valence-corrected chi connectivity index (χ1v) is 8.14. The van der Waals surface area contributed by atoms with Crippen LogP contribution in [0.2, 0.25) is 0 Å². The van der Waals surface area contributed by atoms with Crippen LogP contribution in [0.5, 0.6) is 0 Å². The van der Waals surface area contributed by atoms with Gasteiger partial charge in [0.2, 0.25) is 0 Å². The first kappa shape index (κ1) is 16.8. The van der Waals surface area contributed by atoms with Crippen molar-refractivity contribution in [2.24, 2.45) is 5.16 Å². The molecule has 2 unspecified atom stereocenters. The van der Waals surface area contributed by atoms with Crippen LogP contribution in [0.25, 0.3) is 0 Å².